The van der Waals surface area contributed by atoms with Crippen molar-refractivity contribution in [3.63, 3.8) is 0 Å². The van der Waals surface area contributed by atoms with Gasteiger partial charge in [-0.05, 0) is 26.6 Å². The molecule has 1 N–H and O–H groups in total. The first-order valence-electron chi connectivity index (χ1n) is 5.60. The van der Waals surface area contributed by atoms with Crippen LogP contribution < -0.4 is 5.32 Å². The fourth-order valence-corrected chi connectivity index (χ4v) is 1.44. The summed E-state index contributed by atoms with van der Waals surface area (Å²) in [7, 11) is 4.17. The third-order valence-electron chi connectivity index (χ3n) is 2.28. The predicted octanol–water partition coefficient (Wildman–Crippen LogP) is 0.944. The van der Waals surface area contributed by atoms with Crippen LogP contribution in [0.3, 0.4) is 0 Å². The highest BCUT2D eigenvalue weighted by molar-refractivity contribution is 4.99. The summed E-state index contributed by atoms with van der Waals surface area (Å²) >= 11 is 0. The molecule has 4 nitrogen and oxygen atoms in total. The Hall–Kier alpha value is -0.870. The van der Waals surface area contributed by atoms with Gasteiger partial charge >= 0.3 is 0 Å². The standard InChI is InChI=1S/C11H22N4/c1-4-8-15-11(5-6-13-15)10-12-7-9-14(2)3/h5-6,12H,4,7-10H2,1-3H3. The first-order valence-corrected chi connectivity index (χ1v) is 5.60. The van der Waals surface area contributed by atoms with Gasteiger partial charge in [0.1, 0.15) is 0 Å². The average Bonchev–Trinajstić information content (AvgIpc) is 2.61. The van der Waals surface area contributed by atoms with Crippen molar-refractivity contribution < 1.29 is 0 Å². The van der Waals surface area contributed by atoms with Crippen LogP contribution in [0.15, 0.2) is 12.3 Å². The Balaban J connectivity index is 2.27. The summed E-state index contributed by atoms with van der Waals surface area (Å²) in [4.78, 5) is 2.18. The smallest absolute Gasteiger partial charge is 0.0522 e. The summed E-state index contributed by atoms with van der Waals surface area (Å²) in [5.74, 6) is 0. The minimum atomic E-state index is 0.911. The van der Waals surface area contributed by atoms with Crippen molar-refractivity contribution in [2.24, 2.45) is 0 Å². The van der Waals surface area contributed by atoms with E-state index in [1.54, 1.807) is 0 Å². The maximum absolute atomic E-state index is 4.29. The van der Waals surface area contributed by atoms with Crippen LogP contribution >= 0.6 is 0 Å². The first kappa shape index (κ1) is 12.2. The molecule has 1 aromatic heterocycles. The molecule has 0 bridgehead atoms. The summed E-state index contributed by atoms with van der Waals surface area (Å²) in [6, 6.07) is 2.08. The van der Waals surface area contributed by atoms with E-state index in [0.29, 0.717) is 0 Å². The van der Waals surface area contributed by atoms with Gasteiger partial charge in [0.2, 0.25) is 0 Å². The van der Waals surface area contributed by atoms with E-state index in [9.17, 15) is 0 Å². The molecule has 0 aromatic carbocycles. The van der Waals surface area contributed by atoms with Gasteiger partial charge in [-0.1, -0.05) is 6.92 Å². The van der Waals surface area contributed by atoms with Gasteiger partial charge in [-0.3, -0.25) is 4.68 Å². The second-order valence-electron chi connectivity index (χ2n) is 4.03. The van der Waals surface area contributed by atoms with Crippen molar-refractivity contribution in [1.29, 1.82) is 0 Å². The molecule has 1 aromatic rings. The van der Waals surface area contributed by atoms with Crippen molar-refractivity contribution in [2.45, 2.75) is 26.4 Å². The van der Waals surface area contributed by atoms with E-state index in [0.717, 1.165) is 32.6 Å². The van der Waals surface area contributed by atoms with Gasteiger partial charge in [0.25, 0.3) is 0 Å². The van der Waals surface area contributed by atoms with Gasteiger partial charge in [0.05, 0.1) is 5.69 Å². The van der Waals surface area contributed by atoms with Crippen molar-refractivity contribution in [3.8, 4) is 0 Å². The minimum Gasteiger partial charge on any atom is -0.310 e. The highest BCUT2D eigenvalue weighted by Crippen LogP contribution is 1.99. The van der Waals surface area contributed by atoms with Crippen molar-refractivity contribution in [1.82, 2.24) is 20.0 Å². The fourth-order valence-electron chi connectivity index (χ4n) is 1.44. The topological polar surface area (TPSA) is 33.1 Å². The maximum atomic E-state index is 4.29. The summed E-state index contributed by atoms with van der Waals surface area (Å²) in [5.41, 5.74) is 1.27. The molecule has 0 saturated heterocycles. The lowest BCUT2D eigenvalue weighted by molar-refractivity contribution is 0.397. The van der Waals surface area contributed by atoms with E-state index in [-0.39, 0.29) is 0 Å². The van der Waals surface area contributed by atoms with Crippen LogP contribution in [0.2, 0.25) is 0 Å². The Morgan fingerprint density at radius 2 is 2.27 bits per heavy atom. The summed E-state index contributed by atoms with van der Waals surface area (Å²) in [6.45, 7) is 6.18. The van der Waals surface area contributed by atoms with Gasteiger partial charge in [0, 0.05) is 32.4 Å². The van der Waals surface area contributed by atoms with Crippen molar-refractivity contribution in [3.05, 3.63) is 18.0 Å². The number of hydrogen-bond acceptors (Lipinski definition) is 3. The van der Waals surface area contributed by atoms with Crippen LogP contribution in [0.5, 0.6) is 0 Å². The number of hydrogen-bond donors (Lipinski definition) is 1. The molecule has 0 spiro atoms. The molecule has 0 unspecified atom stereocenters. The summed E-state index contributed by atoms with van der Waals surface area (Å²) < 4.78 is 2.07. The third kappa shape index (κ3) is 4.44. The van der Waals surface area contributed by atoms with Crippen LogP contribution in [-0.4, -0.2) is 41.9 Å². The largest absolute Gasteiger partial charge is 0.310 e. The lowest BCUT2D eigenvalue weighted by atomic mass is 10.4. The quantitative estimate of drug-likeness (QED) is 0.680. The first-order chi connectivity index (χ1) is 7.24. The molecule has 0 amide bonds. The molecule has 4 heteroatoms. The summed E-state index contributed by atoms with van der Waals surface area (Å²) in [5, 5.41) is 7.70. The zero-order valence-corrected chi connectivity index (χ0v) is 10.0. The number of aromatic nitrogens is 2. The van der Waals surface area contributed by atoms with Gasteiger partial charge in [-0.25, -0.2) is 0 Å². The predicted molar refractivity (Wildman–Crippen MR) is 62.8 cm³/mol. The molecule has 0 fully saturated rings. The second-order valence-corrected chi connectivity index (χ2v) is 4.03. The third-order valence-corrected chi connectivity index (χ3v) is 2.28. The number of rotatable bonds is 7. The van der Waals surface area contributed by atoms with E-state index in [1.165, 1.54) is 5.69 Å². The molecule has 0 aliphatic heterocycles. The van der Waals surface area contributed by atoms with Gasteiger partial charge in [0.15, 0.2) is 0 Å². The number of nitrogens with zero attached hydrogens (tertiary/aromatic N) is 3. The molecule has 15 heavy (non-hydrogen) atoms. The van der Waals surface area contributed by atoms with E-state index in [1.807, 2.05) is 6.20 Å². The molecule has 1 rings (SSSR count). The van der Waals surface area contributed by atoms with Crippen molar-refractivity contribution in [2.75, 3.05) is 27.2 Å². The van der Waals surface area contributed by atoms with Crippen LogP contribution in [-0.2, 0) is 13.1 Å². The molecule has 1 heterocycles. The second kappa shape index (κ2) is 6.58. The summed E-state index contributed by atoms with van der Waals surface area (Å²) in [6.07, 6.45) is 3.00. The average molecular weight is 210 g/mol. The van der Waals surface area contributed by atoms with Crippen LogP contribution in [0.4, 0.5) is 0 Å². The molecule has 0 radical (unpaired) electrons. The SMILES string of the molecule is CCCn1nccc1CNCCN(C)C. The zero-order valence-electron chi connectivity index (χ0n) is 10.0. The molecule has 0 atom stereocenters. The fraction of sp³-hybridized carbons (Fsp3) is 0.727. The van der Waals surface area contributed by atoms with Gasteiger partial charge in [-0.15, -0.1) is 0 Å². The minimum absolute atomic E-state index is 0.911. The molecular formula is C11H22N4. The Labute approximate surface area is 92.3 Å². The normalized spacial score (nSPS) is 11.2. The Morgan fingerprint density at radius 1 is 1.47 bits per heavy atom. The number of likely N-dealkylation sites (N-methyl/N-ethyl adjacent to an activating group) is 1. The Bertz CT molecular complexity index is 267. The number of nitrogens with one attached hydrogen (secondary N) is 1. The molecular weight excluding hydrogens is 188 g/mol. The lowest BCUT2D eigenvalue weighted by Gasteiger charge is -2.11. The zero-order chi connectivity index (χ0) is 11.1. The van der Waals surface area contributed by atoms with Gasteiger partial charge < -0.3 is 10.2 Å². The maximum Gasteiger partial charge on any atom is 0.0522 e. The van der Waals surface area contributed by atoms with Crippen LogP contribution in [0.1, 0.15) is 19.0 Å². The van der Waals surface area contributed by atoms with Gasteiger partial charge in [-0.2, -0.15) is 5.10 Å². The molecule has 0 aliphatic carbocycles. The van der Waals surface area contributed by atoms with Crippen LogP contribution in [0.25, 0.3) is 0 Å². The van der Waals surface area contributed by atoms with E-state index in [4.69, 9.17) is 0 Å². The van der Waals surface area contributed by atoms with E-state index in [2.05, 4.69) is 47.1 Å². The molecule has 0 aliphatic rings. The van der Waals surface area contributed by atoms with E-state index < -0.39 is 0 Å². The molecule has 0 saturated carbocycles. The van der Waals surface area contributed by atoms with Crippen LogP contribution in [0, 0.1) is 0 Å². The molecule has 86 valence electrons. The lowest BCUT2D eigenvalue weighted by Crippen LogP contribution is -2.27. The van der Waals surface area contributed by atoms with E-state index >= 15 is 0 Å². The monoisotopic (exact) mass is 210 g/mol. The highest BCUT2D eigenvalue weighted by Gasteiger charge is 2.00. The number of aryl methyl sites for hydroxylation is 1. The Morgan fingerprint density at radius 3 is 2.93 bits per heavy atom. The Kier molecular flexibility index (Phi) is 5.36. The van der Waals surface area contributed by atoms with Crippen molar-refractivity contribution >= 4 is 0 Å². The highest BCUT2D eigenvalue weighted by atomic mass is 15.3.